The number of nitrogens with zero attached hydrogens (tertiary/aromatic N) is 2. The van der Waals surface area contributed by atoms with Crippen molar-refractivity contribution in [3.8, 4) is 23.0 Å². The summed E-state index contributed by atoms with van der Waals surface area (Å²) >= 11 is 0. The molecule has 0 bridgehead atoms. The number of rotatable bonds is 8. The lowest BCUT2D eigenvalue weighted by atomic mass is 10.0. The number of methoxy groups -OCH3 is 4. The maximum atomic E-state index is 5.48. The summed E-state index contributed by atoms with van der Waals surface area (Å²) in [7, 11) is 6.59. The van der Waals surface area contributed by atoms with Gasteiger partial charge in [-0.25, -0.2) is 0 Å². The normalized spacial score (nSPS) is 11.0. The van der Waals surface area contributed by atoms with Gasteiger partial charge in [0, 0.05) is 34.6 Å². The van der Waals surface area contributed by atoms with E-state index in [1.807, 2.05) is 48.8 Å². The highest BCUT2D eigenvalue weighted by Gasteiger charge is 2.12. The van der Waals surface area contributed by atoms with Gasteiger partial charge in [-0.1, -0.05) is 0 Å². The molecule has 0 aliphatic rings. The summed E-state index contributed by atoms with van der Waals surface area (Å²) in [5.74, 6) is 2.86. The summed E-state index contributed by atoms with van der Waals surface area (Å²) in [6.07, 6.45) is 6.27. The topological polar surface area (TPSA) is 62.7 Å². The van der Waals surface area contributed by atoms with Crippen LogP contribution in [0.4, 0.5) is 0 Å². The highest BCUT2D eigenvalue weighted by molar-refractivity contribution is 5.89. The van der Waals surface area contributed by atoms with Crippen LogP contribution in [0, 0.1) is 0 Å². The molecule has 2 heterocycles. The Bertz CT molecular complexity index is 1130. The molecule has 6 heteroatoms. The van der Waals surface area contributed by atoms with Crippen molar-refractivity contribution in [3.63, 3.8) is 0 Å². The number of benzene rings is 2. The van der Waals surface area contributed by atoms with Gasteiger partial charge >= 0.3 is 0 Å². The molecule has 0 fully saturated rings. The number of aryl methyl sites for hydroxylation is 2. The SMILES string of the molecule is COc1cc2ccnc(CCCc3nccc4cc(OC)c(OC)cc34)c2cc1OC. The van der Waals surface area contributed by atoms with E-state index in [9.17, 15) is 0 Å². The van der Waals surface area contributed by atoms with Crippen LogP contribution in [0.15, 0.2) is 48.8 Å². The maximum absolute atomic E-state index is 5.48. The molecule has 0 N–H and O–H groups in total. The first kappa shape index (κ1) is 20.7. The van der Waals surface area contributed by atoms with Crippen molar-refractivity contribution in [3.05, 3.63) is 60.2 Å². The second-order valence-corrected chi connectivity index (χ2v) is 7.23. The standard InChI is InChI=1S/C25H26N2O4/c1-28-22-12-16-8-10-26-20(18(16)14-24(22)30-3)6-5-7-21-19-15-25(31-4)23(29-2)13-17(19)9-11-27-21/h8-15H,5-7H2,1-4H3. The molecule has 0 saturated carbocycles. The van der Waals surface area contributed by atoms with Gasteiger partial charge in [0.05, 0.1) is 28.4 Å². The Morgan fingerprint density at radius 2 is 0.968 bits per heavy atom. The molecule has 0 amide bonds. The third-order valence-corrected chi connectivity index (χ3v) is 5.53. The van der Waals surface area contributed by atoms with E-state index in [4.69, 9.17) is 18.9 Å². The quantitative estimate of drug-likeness (QED) is 0.402. The largest absolute Gasteiger partial charge is 0.493 e. The van der Waals surface area contributed by atoms with Crippen LogP contribution in [0.1, 0.15) is 17.8 Å². The summed E-state index contributed by atoms with van der Waals surface area (Å²) < 4.78 is 21.8. The van der Waals surface area contributed by atoms with Gasteiger partial charge in [0.15, 0.2) is 23.0 Å². The molecule has 0 saturated heterocycles. The van der Waals surface area contributed by atoms with E-state index in [-0.39, 0.29) is 0 Å². The van der Waals surface area contributed by atoms with E-state index >= 15 is 0 Å². The van der Waals surface area contributed by atoms with Crippen LogP contribution in [0.5, 0.6) is 23.0 Å². The number of fused-ring (bicyclic) bond motifs is 2. The lowest BCUT2D eigenvalue weighted by molar-refractivity contribution is 0.356. The lowest BCUT2D eigenvalue weighted by Crippen LogP contribution is -1.99. The van der Waals surface area contributed by atoms with Crippen LogP contribution < -0.4 is 18.9 Å². The van der Waals surface area contributed by atoms with Gasteiger partial charge in [0.1, 0.15) is 0 Å². The fourth-order valence-electron chi connectivity index (χ4n) is 3.94. The maximum Gasteiger partial charge on any atom is 0.161 e. The van der Waals surface area contributed by atoms with Crippen LogP contribution in [0.25, 0.3) is 21.5 Å². The molecule has 0 aliphatic carbocycles. The zero-order chi connectivity index (χ0) is 21.8. The van der Waals surface area contributed by atoms with E-state index in [0.29, 0.717) is 11.5 Å². The fraction of sp³-hybridized carbons (Fsp3) is 0.280. The van der Waals surface area contributed by atoms with Gasteiger partial charge in [-0.2, -0.15) is 0 Å². The summed E-state index contributed by atoms with van der Waals surface area (Å²) in [6.45, 7) is 0. The predicted molar refractivity (Wildman–Crippen MR) is 122 cm³/mol. The third kappa shape index (κ3) is 4.06. The second-order valence-electron chi connectivity index (χ2n) is 7.23. The minimum Gasteiger partial charge on any atom is -0.493 e. The zero-order valence-electron chi connectivity index (χ0n) is 18.3. The van der Waals surface area contributed by atoms with Crippen LogP contribution in [-0.4, -0.2) is 38.4 Å². The van der Waals surface area contributed by atoms with E-state index in [1.54, 1.807) is 28.4 Å². The van der Waals surface area contributed by atoms with Crippen LogP contribution in [-0.2, 0) is 12.8 Å². The van der Waals surface area contributed by atoms with Gasteiger partial charge in [0.2, 0.25) is 0 Å². The molecule has 0 radical (unpaired) electrons. The minimum absolute atomic E-state index is 0.709. The predicted octanol–water partition coefficient (Wildman–Crippen LogP) is 4.99. The Hall–Kier alpha value is -3.54. The first-order valence-electron chi connectivity index (χ1n) is 10.2. The van der Waals surface area contributed by atoms with E-state index in [1.165, 1.54) is 0 Å². The van der Waals surface area contributed by atoms with Crippen LogP contribution in [0.2, 0.25) is 0 Å². The number of aromatic nitrogens is 2. The van der Waals surface area contributed by atoms with Crippen molar-refractivity contribution in [2.24, 2.45) is 0 Å². The minimum atomic E-state index is 0.709. The van der Waals surface area contributed by atoms with Crippen molar-refractivity contribution in [1.29, 1.82) is 0 Å². The van der Waals surface area contributed by atoms with Crippen molar-refractivity contribution in [2.45, 2.75) is 19.3 Å². The average Bonchev–Trinajstić information content (AvgIpc) is 2.82. The fourth-order valence-corrected chi connectivity index (χ4v) is 3.94. The zero-order valence-corrected chi connectivity index (χ0v) is 18.3. The first-order valence-corrected chi connectivity index (χ1v) is 10.2. The Morgan fingerprint density at radius 3 is 1.35 bits per heavy atom. The molecular weight excluding hydrogens is 392 g/mol. The van der Waals surface area contributed by atoms with E-state index in [0.717, 1.165) is 63.7 Å². The molecule has 0 unspecified atom stereocenters. The van der Waals surface area contributed by atoms with Gasteiger partial charge in [-0.3, -0.25) is 9.97 Å². The van der Waals surface area contributed by atoms with Gasteiger partial charge in [0.25, 0.3) is 0 Å². The Kier molecular flexibility index (Phi) is 6.07. The first-order chi connectivity index (χ1) is 15.2. The van der Waals surface area contributed by atoms with Crippen LogP contribution >= 0.6 is 0 Å². The number of ether oxygens (including phenoxy) is 4. The highest BCUT2D eigenvalue weighted by Crippen LogP contribution is 2.35. The third-order valence-electron chi connectivity index (χ3n) is 5.53. The molecule has 0 atom stereocenters. The van der Waals surface area contributed by atoms with E-state index < -0.39 is 0 Å². The summed E-state index contributed by atoms with van der Waals surface area (Å²) in [6, 6.07) is 12.0. The van der Waals surface area contributed by atoms with Gasteiger partial charge in [-0.05, 0) is 66.4 Å². The summed E-state index contributed by atoms with van der Waals surface area (Å²) in [5.41, 5.74) is 2.08. The molecule has 4 aromatic rings. The van der Waals surface area contributed by atoms with E-state index in [2.05, 4.69) is 9.97 Å². The second kappa shape index (κ2) is 9.08. The van der Waals surface area contributed by atoms with Crippen LogP contribution in [0.3, 0.4) is 0 Å². The Morgan fingerprint density at radius 1 is 0.581 bits per heavy atom. The average molecular weight is 418 g/mol. The van der Waals surface area contributed by atoms with Crippen molar-refractivity contribution < 1.29 is 18.9 Å². The summed E-state index contributed by atoms with van der Waals surface area (Å²) in [4.78, 5) is 9.26. The molecular formula is C25H26N2O4. The molecule has 0 aliphatic heterocycles. The Labute approximate surface area is 181 Å². The number of hydrogen-bond acceptors (Lipinski definition) is 6. The Balaban J connectivity index is 1.60. The van der Waals surface area contributed by atoms with Gasteiger partial charge in [-0.15, -0.1) is 0 Å². The number of hydrogen-bond donors (Lipinski definition) is 0. The van der Waals surface area contributed by atoms with Crippen molar-refractivity contribution >= 4 is 21.5 Å². The molecule has 160 valence electrons. The van der Waals surface area contributed by atoms with Crippen molar-refractivity contribution in [2.75, 3.05) is 28.4 Å². The van der Waals surface area contributed by atoms with Gasteiger partial charge < -0.3 is 18.9 Å². The molecule has 2 aromatic carbocycles. The highest BCUT2D eigenvalue weighted by atomic mass is 16.5. The molecule has 31 heavy (non-hydrogen) atoms. The molecule has 4 rings (SSSR count). The lowest BCUT2D eigenvalue weighted by Gasteiger charge is -2.12. The molecule has 6 nitrogen and oxygen atoms in total. The molecule has 0 spiro atoms. The number of pyridine rings is 2. The summed E-state index contributed by atoms with van der Waals surface area (Å²) in [5, 5.41) is 4.33. The monoisotopic (exact) mass is 418 g/mol. The molecule has 2 aromatic heterocycles. The van der Waals surface area contributed by atoms with Crippen molar-refractivity contribution in [1.82, 2.24) is 9.97 Å². The smallest absolute Gasteiger partial charge is 0.161 e.